The van der Waals surface area contributed by atoms with Gasteiger partial charge < -0.3 is 9.47 Å². The molecule has 18 heteroatoms. The van der Waals surface area contributed by atoms with Gasteiger partial charge in [0.15, 0.2) is 10.3 Å². The number of hydrogen-bond donors (Lipinski definition) is 2. The number of likely N-dealkylation sites (tertiary alicyclic amines) is 2. The Labute approximate surface area is 394 Å². The third-order valence-corrected chi connectivity index (χ3v) is 16.0. The highest BCUT2D eigenvalue weighted by Gasteiger charge is 2.30. The van der Waals surface area contributed by atoms with Gasteiger partial charge in [0.25, 0.3) is 20.0 Å². The van der Waals surface area contributed by atoms with E-state index in [-0.39, 0.29) is 32.0 Å². The predicted octanol–water partition coefficient (Wildman–Crippen LogP) is 10.4. The summed E-state index contributed by atoms with van der Waals surface area (Å²) >= 11 is 15.2. The van der Waals surface area contributed by atoms with Crippen molar-refractivity contribution < 1.29 is 26.3 Å². The van der Waals surface area contributed by atoms with E-state index in [1.807, 2.05) is 0 Å². The number of aryl methyl sites for hydroxylation is 2. The van der Waals surface area contributed by atoms with Gasteiger partial charge >= 0.3 is 0 Å². The van der Waals surface area contributed by atoms with Gasteiger partial charge in [0.1, 0.15) is 23.7 Å². The van der Waals surface area contributed by atoms with Crippen LogP contribution in [0.4, 0.5) is 10.3 Å². The summed E-state index contributed by atoms with van der Waals surface area (Å²) in [4.78, 5) is 13.0. The Morgan fingerprint density at radius 3 is 1.41 bits per heavy atom. The first-order chi connectivity index (χ1) is 30.6. The maximum Gasteiger partial charge on any atom is 0.263 e. The number of halogens is 2. The van der Waals surface area contributed by atoms with Gasteiger partial charge in [-0.1, -0.05) is 96.7 Å². The summed E-state index contributed by atoms with van der Waals surface area (Å²) in [6.07, 6.45) is 4.90. The molecule has 2 saturated heterocycles. The van der Waals surface area contributed by atoms with Crippen LogP contribution < -0.4 is 18.9 Å². The molecular formula is C46H52Cl2N6O6S4. The highest BCUT2D eigenvalue weighted by molar-refractivity contribution is 7.93. The van der Waals surface area contributed by atoms with Crippen molar-refractivity contribution in [3.05, 3.63) is 140 Å². The van der Waals surface area contributed by atoms with Crippen LogP contribution in [0.2, 0.25) is 10.0 Å². The van der Waals surface area contributed by atoms with E-state index in [2.05, 4.69) is 105 Å². The standard InChI is InChI=1S/2C23H26ClN3O3S2/c2*1-16-4-3-5-18(12-16)15-27-10-8-21(17(2)14-27)30-22-7-6-19(13-20(22)24)32(28,29)26-23-25-9-11-31-23/h2*3-7,9,11-13,17,21H,8,10,14-15H2,1-2H3,(H,25,26)/t2*17-,21?/m10/s1. The summed E-state index contributed by atoms with van der Waals surface area (Å²) in [7, 11) is -7.51. The third-order valence-electron chi connectivity index (χ3n) is 11.1. The van der Waals surface area contributed by atoms with Gasteiger partial charge in [0.2, 0.25) is 0 Å². The van der Waals surface area contributed by atoms with Crippen LogP contribution in [0.25, 0.3) is 0 Å². The molecule has 8 rings (SSSR count). The van der Waals surface area contributed by atoms with Crippen molar-refractivity contribution >= 4 is 76.2 Å². The average molecular weight is 984 g/mol. The molecule has 340 valence electrons. The van der Waals surface area contributed by atoms with Crippen LogP contribution in [-0.4, -0.2) is 75.0 Å². The summed E-state index contributed by atoms with van der Waals surface area (Å²) in [6, 6.07) is 26.3. The predicted molar refractivity (Wildman–Crippen MR) is 258 cm³/mol. The molecule has 4 heterocycles. The normalized spacial score (nSPS) is 19.6. The first-order valence-electron chi connectivity index (χ1n) is 20.9. The van der Waals surface area contributed by atoms with Crippen LogP contribution in [0.5, 0.6) is 11.5 Å². The van der Waals surface area contributed by atoms with Crippen LogP contribution in [0, 0.1) is 25.7 Å². The molecule has 2 aromatic heterocycles. The number of anilines is 2. The highest BCUT2D eigenvalue weighted by atomic mass is 35.5. The van der Waals surface area contributed by atoms with Gasteiger partial charge in [-0.25, -0.2) is 26.8 Å². The minimum atomic E-state index is -3.76. The number of hydrogen-bond acceptors (Lipinski definition) is 12. The molecule has 2 aliphatic heterocycles. The number of sulfonamides is 2. The van der Waals surface area contributed by atoms with Crippen LogP contribution >= 0.6 is 45.9 Å². The van der Waals surface area contributed by atoms with Crippen LogP contribution in [0.3, 0.4) is 0 Å². The zero-order valence-electron chi connectivity index (χ0n) is 36.0. The zero-order valence-corrected chi connectivity index (χ0v) is 40.8. The van der Waals surface area contributed by atoms with Crippen molar-refractivity contribution in [1.29, 1.82) is 0 Å². The first kappa shape index (κ1) is 47.7. The second-order valence-corrected chi connectivity index (χ2v) is 22.3. The maximum atomic E-state index is 12.6. The minimum Gasteiger partial charge on any atom is -0.488 e. The Hall–Kier alpha value is -4.26. The van der Waals surface area contributed by atoms with Crippen molar-refractivity contribution in [3.63, 3.8) is 0 Å². The lowest BCUT2D eigenvalue weighted by Crippen LogP contribution is -2.44. The topological polar surface area (TPSA) is 143 Å². The SMILES string of the molecule is Cc1cccc(CN2CCC(Oc3ccc(S(=O)(=O)Nc4nccs4)cc3Cl)[C@@H](C)C2)c1.Cc1cccc(CN2CCC(Oc3ccc(S(=O)(=O)Nc4nccs4)cc3Cl)[C@H](C)C2)c1. The molecule has 2 aliphatic rings. The van der Waals surface area contributed by atoms with Crippen LogP contribution in [0.15, 0.2) is 118 Å². The maximum absolute atomic E-state index is 12.6. The number of nitrogens with zero attached hydrogens (tertiary/aromatic N) is 4. The quantitative estimate of drug-likeness (QED) is 0.108. The number of thiazole rings is 2. The molecule has 0 saturated carbocycles. The van der Waals surface area contributed by atoms with Crippen molar-refractivity contribution in [3.8, 4) is 11.5 Å². The second kappa shape index (κ2) is 21.4. The summed E-state index contributed by atoms with van der Waals surface area (Å²) in [5.74, 6) is 1.65. The number of piperidine rings is 2. The van der Waals surface area contributed by atoms with Gasteiger partial charge in [-0.3, -0.25) is 19.2 Å². The van der Waals surface area contributed by atoms with Gasteiger partial charge in [-0.15, -0.1) is 22.7 Å². The second-order valence-electron chi connectivity index (χ2n) is 16.4. The van der Waals surface area contributed by atoms with Crippen molar-refractivity contribution in [2.75, 3.05) is 35.6 Å². The van der Waals surface area contributed by atoms with E-state index in [0.717, 1.165) is 52.1 Å². The van der Waals surface area contributed by atoms with Crippen LogP contribution in [-0.2, 0) is 33.1 Å². The summed E-state index contributed by atoms with van der Waals surface area (Å²) in [5.41, 5.74) is 5.19. The van der Waals surface area contributed by atoms with Crippen molar-refractivity contribution in [2.24, 2.45) is 11.8 Å². The Balaban J connectivity index is 0.000000191. The lowest BCUT2D eigenvalue weighted by Gasteiger charge is -2.37. The van der Waals surface area contributed by atoms with Crippen molar-refractivity contribution in [1.82, 2.24) is 19.8 Å². The van der Waals surface area contributed by atoms with E-state index in [1.54, 1.807) is 35.3 Å². The summed E-state index contributed by atoms with van der Waals surface area (Å²) in [6.45, 7) is 14.2. The molecule has 0 spiro atoms. The van der Waals surface area contributed by atoms with E-state index >= 15 is 0 Å². The first-order valence-corrected chi connectivity index (χ1v) is 26.4. The number of benzene rings is 4. The minimum absolute atomic E-state index is 0.0251. The Morgan fingerprint density at radius 1 is 0.641 bits per heavy atom. The monoisotopic (exact) mass is 982 g/mol. The molecule has 0 radical (unpaired) electrons. The molecule has 2 unspecified atom stereocenters. The lowest BCUT2D eigenvalue weighted by molar-refractivity contribution is 0.0490. The largest absolute Gasteiger partial charge is 0.488 e. The van der Waals surface area contributed by atoms with E-state index in [0.29, 0.717) is 33.6 Å². The highest BCUT2D eigenvalue weighted by Crippen LogP contribution is 2.34. The van der Waals surface area contributed by atoms with Gasteiger partial charge in [-0.2, -0.15) is 0 Å². The molecule has 2 fully saturated rings. The molecule has 64 heavy (non-hydrogen) atoms. The van der Waals surface area contributed by atoms with Gasteiger partial charge in [0.05, 0.1) is 19.8 Å². The van der Waals surface area contributed by atoms with E-state index in [9.17, 15) is 16.8 Å². The average Bonchev–Trinajstić information content (AvgIpc) is 3.96. The van der Waals surface area contributed by atoms with Gasteiger partial charge in [0, 0.05) is 74.3 Å². The Morgan fingerprint density at radius 2 is 1.06 bits per heavy atom. The lowest BCUT2D eigenvalue weighted by atomic mass is 9.96. The molecule has 2 N–H and O–H groups in total. The number of ether oxygens (including phenoxy) is 2. The zero-order chi connectivity index (χ0) is 45.4. The fourth-order valence-electron chi connectivity index (χ4n) is 7.91. The number of aromatic nitrogens is 2. The Bertz CT molecular complexity index is 2520. The molecule has 4 atom stereocenters. The summed E-state index contributed by atoms with van der Waals surface area (Å²) < 4.78 is 67.6. The molecule has 0 aliphatic carbocycles. The molecule has 0 bridgehead atoms. The van der Waals surface area contributed by atoms with Crippen LogP contribution in [0.1, 0.15) is 48.9 Å². The Kier molecular flexibility index (Phi) is 15.9. The molecule has 12 nitrogen and oxygen atoms in total. The molecular weight excluding hydrogens is 932 g/mol. The van der Waals surface area contributed by atoms with E-state index < -0.39 is 20.0 Å². The van der Waals surface area contributed by atoms with E-state index in [1.165, 1.54) is 69.2 Å². The molecule has 6 aromatic rings. The summed E-state index contributed by atoms with van der Waals surface area (Å²) in [5, 5.41) is 4.59. The molecule has 0 amide bonds. The fourth-order valence-corrected chi connectivity index (χ4v) is 12.1. The molecule has 4 aromatic carbocycles. The number of rotatable bonds is 14. The number of nitrogens with one attached hydrogen (secondary N) is 2. The fraction of sp³-hybridized carbons (Fsp3) is 0.348. The van der Waals surface area contributed by atoms with Crippen molar-refractivity contribution in [2.45, 2.75) is 75.6 Å². The van der Waals surface area contributed by atoms with Gasteiger partial charge in [-0.05, 0) is 74.2 Å². The third kappa shape index (κ3) is 13.0. The van der Waals surface area contributed by atoms with E-state index in [4.69, 9.17) is 32.7 Å². The smallest absolute Gasteiger partial charge is 0.263 e.